The van der Waals surface area contributed by atoms with E-state index in [1.165, 1.54) is 0 Å². The van der Waals surface area contributed by atoms with Crippen molar-refractivity contribution in [3.63, 3.8) is 0 Å². The van der Waals surface area contributed by atoms with E-state index in [0.717, 1.165) is 18.4 Å². The van der Waals surface area contributed by atoms with Gasteiger partial charge >= 0.3 is 13.1 Å². The highest BCUT2D eigenvalue weighted by atomic mass is 16.5. The van der Waals surface area contributed by atoms with Crippen LogP contribution in [-0.2, 0) is 16.0 Å². The molecule has 0 radical (unpaired) electrons. The summed E-state index contributed by atoms with van der Waals surface area (Å²) in [5.74, 6) is 0.0535. The highest BCUT2D eigenvalue weighted by Gasteiger charge is 2.40. The molecule has 1 N–H and O–H groups in total. The van der Waals surface area contributed by atoms with Gasteiger partial charge in [-0.25, -0.2) is 4.79 Å². The smallest absolute Gasteiger partial charge is 0.526 e. The molecule has 22 heavy (non-hydrogen) atoms. The maximum Gasteiger partial charge on any atom is 0.526 e. The van der Waals surface area contributed by atoms with E-state index >= 15 is 0 Å². The van der Waals surface area contributed by atoms with Gasteiger partial charge in [-0.05, 0) is 37.8 Å². The SMILES string of the molecule is CCOC(=O)c1cccc2c1OB(O)[C@@H](CC(=O)C1CC1)C2. The summed E-state index contributed by atoms with van der Waals surface area (Å²) in [6.07, 6.45) is 2.79. The molecule has 1 aromatic carbocycles. The minimum Gasteiger partial charge on any atom is -0.535 e. The minimum atomic E-state index is -1.06. The molecule has 0 bridgehead atoms. The molecular weight excluding hydrogens is 283 g/mol. The van der Waals surface area contributed by atoms with Crippen molar-refractivity contribution in [2.45, 2.75) is 38.4 Å². The number of hydrogen-bond acceptors (Lipinski definition) is 5. The van der Waals surface area contributed by atoms with Crippen LogP contribution in [0.2, 0.25) is 5.82 Å². The van der Waals surface area contributed by atoms with Crippen LogP contribution in [0, 0.1) is 5.92 Å². The molecule has 116 valence electrons. The fraction of sp³-hybridized carbons (Fsp3) is 0.500. The summed E-state index contributed by atoms with van der Waals surface area (Å²) in [5, 5.41) is 10.2. The van der Waals surface area contributed by atoms with Crippen LogP contribution >= 0.6 is 0 Å². The molecule has 3 rings (SSSR count). The number of ether oxygens (including phenoxy) is 1. The quantitative estimate of drug-likeness (QED) is 0.665. The molecule has 1 atom stereocenters. The van der Waals surface area contributed by atoms with Gasteiger partial charge in [0.25, 0.3) is 0 Å². The second kappa shape index (κ2) is 6.12. The van der Waals surface area contributed by atoms with Crippen molar-refractivity contribution in [1.29, 1.82) is 0 Å². The first-order chi connectivity index (χ1) is 10.6. The third-order valence-corrected chi connectivity index (χ3v) is 4.21. The molecular formula is C16H19BO5. The van der Waals surface area contributed by atoms with E-state index < -0.39 is 13.1 Å². The zero-order valence-electron chi connectivity index (χ0n) is 12.6. The van der Waals surface area contributed by atoms with Gasteiger partial charge in [-0.3, -0.25) is 4.79 Å². The molecule has 0 aromatic heterocycles. The second-order valence-corrected chi connectivity index (χ2v) is 5.93. The molecule has 5 nitrogen and oxygen atoms in total. The van der Waals surface area contributed by atoms with Gasteiger partial charge < -0.3 is 14.4 Å². The van der Waals surface area contributed by atoms with Crippen molar-refractivity contribution in [2.24, 2.45) is 5.92 Å². The molecule has 2 aliphatic rings. The van der Waals surface area contributed by atoms with Gasteiger partial charge in [-0.1, -0.05) is 12.1 Å². The molecule has 0 spiro atoms. The Morgan fingerprint density at radius 3 is 2.86 bits per heavy atom. The van der Waals surface area contributed by atoms with E-state index in [2.05, 4.69) is 0 Å². The van der Waals surface area contributed by atoms with Crippen LogP contribution in [0.1, 0.15) is 42.1 Å². The van der Waals surface area contributed by atoms with Crippen molar-refractivity contribution in [3.05, 3.63) is 29.3 Å². The number of carbonyl (C=O) groups is 2. The van der Waals surface area contributed by atoms with Crippen molar-refractivity contribution >= 4 is 18.9 Å². The fourth-order valence-electron chi connectivity index (χ4n) is 2.86. The van der Waals surface area contributed by atoms with Gasteiger partial charge in [0, 0.05) is 18.2 Å². The lowest BCUT2D eigenvalue weighted by molar-refractivity contribution is -0.120. The zero-order valence-corrected chi connectivity index (χ0v) is 12.6. The van der Waals surface area contributed by atoms with Crippen LogP contribution in [0.25, 0.3) is 0 Å². The summed E-state index contributed by atoms with van der Waals surface area (Å²) >= 11 is 0. The van der Waals surface area contributed by atoms with Crippen molar-refractivity contribution in [1.82, 2.24) is 0 Å². The van der Waals surface area contributed by atoms with E-state index in [4.69, 9.17) is 9.39 Å². The van der Waals surface area contributed by atoms with Crippen molar-refractivity contribution in [3.8, 4) is 5.75 Å². The van der Waals surface area contributed by atoms with Crippen LogP contribution in [0.5, 0.6) is 5.75 Å². The Bertz CT molecular complexity index is 596. The van der Waals surface area contributed by atoms with Crippen molar-refractivity contribution in [2.75, 3.05) is 6.61 Å². The zero-order chi connectivity index (χ0) is 15.7. The predicted octanol–water partition coefficient (Wildman–Crippen LogP) is 2.02. The van der Waals surface area contributed by atoms with E-state index in [1.807, 2.05) is 6.07 Å². The average molecular weight is 302 g/mol. The molecule has 1 saturated carbocycles. The van der Waals surface area contributed by atoms with E-state index in [9.17, 15) is 14.6 Å². The highest BCUT2D eigenvalue weighted by Crippen LogP contribution is 2.39. The van der Waals surface area contributed by atoms with Crippen LogP contribution < -0.4 is 4.65 Å². The lowest BCUT2D eigenvalue weighted by Gasteiger charge is -2.28. The standard InChI is InChI=1S/C16H19BO5/c1-2-21-16(19)13-5-3-4-11-8-12(17(20)22-15(11)13)9-14(18)10-6-7-10/h3-5,10,12,20H,2,6-9H2,1H3/t12-/m1/s1. The van der Waals surface area contributed by atoms with E-state index in [1.54, 1.807) is 19.1 Å². The van der Waals surface area contributed by atoms with Gasteiger partial charge in [-0.2, -0.15) is 0 Å². The van der Waals surface area contributed by atoms with Gasteiger partial charge in [0.1, 0.15) is 17.1 Å². The summed E-state index contributed by atoms with van der Waals surface area (Å²) in [6, 6.07) is 5.25. The van der Waals surface area contributed by atoms with Crippen LogP contribution in [0.15, 0.2) is 18.2 Å². The Balaban J connectivity index is 1.79. The molecule has 1 aliphatic heterocycles. The lowest BCUT2D eigenvalue weighted by atomic mass is 9.64. The van der Waals surface area contributed by atoms with Gasteiger partial charge in [0.15, 0.2) is 0 Å². The molecule has 0 amide bonds. The third kappa shape index (κ3) is 3.02. The minimum absolute atomic E-state index is 0.180. The molecule has 1 fully saturated rings. The Morgan fingerprint density at radius 1 is 1.41 bits per heavy atom. The lowest BCUT2D eigenvalue weighted by Crippen LogP contribution is -2.36. The summed E-state index contributed by atoms with van der Waals surface area (Å²) in [5.41, 5.74) is 1.16. The Morgan fingerprint density at radius 2 is 2.18 bits per heavy atom. The largest absolute Gasteiger partial charge is 0.535 e. The number of esters is 1. The first kappa shape index (κ1) is 15.1. The number of para-hydroxylation sites is 1. The summed E-state index contributed by atoms with van der Waals surface area (Å²) in [4.78, 5) is 23.9. The van der Waals surface area contributed by atoms with Gasteiger partial charge in [0.05, 0.1) is 6.61 Å². The number of ketones is 1. The van der Waals surface area contributed by atoms with Crippen LogP contribution in [0.4, 0.5) is 0 Å². The average Bonchev–Trinajstić information content (AvgIpc) is 3.32. The van der Waals surface area contributed by atoms with Gasteiger partial charge in [-0.15, -0.1) is 0 Å². The first-order valence-corrected chi connectivity index (χ1v) is 7.76. The van der Waals surface area contributed by atoms with E-state index in [-0.39, 0.29) is 24.1 Å². The number of rotatable bonds is 5. The number of Topliss-reactive ketones (excluding diaryl/α,β-unsaturated/α-hetero) is 1. The molecule has 1 heterocycles. The fourth-order valence-corrected chi connectivity index (χ4v) is 2.86. The van der Waals surface area contributed by atoms with Crippen LogP contribution in [0.3, 0.4) is 0 Å². The maximum absolute atomic E-state index is 12.0. The number of carbonyl (C=O) groups excluding carboxylic acids is 2. The van der Waals surface area contributed by atoms with Crippen LogP contribution in [-0.4, -0.2) is 30.5 Å². The molecule has 0 saturated heterocycles. The van der Waals surface area contributed by atoms with Crippen molar-refractivity contribution < 1.29 is 24.0 Å². The normalized spacial score (nSPS) is 20.1. The second-order valence-electron chi connectivity index (χ2n) is 5.93. The summed E-state index contributed by atoms with van der Waals surface area (Å²) in [6.45, 7) is 2.02. The highest BCUT2D eigenvalue weighted by molar-refractivity contribution is 6.47. The molecule has 0 unspecified atom stereocenters. The third-order valence-electron chi connectivity index (χ3n) is 4.21. The number of benzene rings is 1. The predicted molar refractivity (Wildman–Crippen MR) is 80.8 cm³/mol. The Hall–Kier alpha value is -1.82. The summed E-state index contributed by atoms with van der Waals surface area (Å²) < 4.78 is 10.6. The van der Waals surface area contributed by atoms with Gasteiger partial charge in [0.2, 0.25) is 0 Å². The molecule has 6 heteroatoms. The molecule has 1 aliphatic carbocycles. The van der Waals surface area contributed by atoms with E-state index in [0.29, 0.717) is 24.2 Å². The maximum atomic E-state index is 12.0. The molecule has 1 aromatic rings. The Labute approximate surface area is 129 Å². The first-order valence-electron chi connectivity index (χ1n) is 7.76. The topological polar surface area (TPSA) is 72.8 Å². The summed E-state index contributed by atoms with van der Waals surface area (Å²) in [7, 11) is -1.06. The Kier molecular flexibility index (Phi) is 4.20. The number of hydrogen-bond donors (Lipinski definition) is 1. The monoisotopic (exact) mass is 302 g/mol. The number of fused-ring (bicyclic) bond motifs is 1.